The van der Waals surface area contributed by atoms with Crippen molar-refractivity contribution in [3.63, 3.8) is 0 Å². The number of aryl methyl sites for hydroxylation is 1. The molecule has 2 aromatic heterocycles. The van der Waals surface area contributed by atoms with Crippen molar-refractivity contribution in [1.82, 2.24) is 14.4 Å². The van der Waals surface area contributed by atoms with Crippen molar-refractivity contribution in [3.8, 4) is 28.3 Å². The number of carboxylic acids is 1. The van der Waals surface area contributed by atoms with E-state index in [0.29, 0.717) is 29.3 Å². The Balaban J connectivity index is 0.00000195. The van der Waals surface area contributed by atoms with Crippen LogP contribution in [0, 0.1) is 18.6 Å². The molecule has 0 atom stereocenters. The maximum absolute atomic E-state index is 15.0. The number of aromatic nitrogens is 3. The van der Waals surface area contributed by atoms with Crippen molar-refractivity contribution in [1.29, 1.82) is 0 Å². The van der Waals surface area contributed by atoms with E-state index < -0.39 is 46.7 Å². The Morgan fingerprint density at radius 2 is 1.76 bits per heavy atom. The largest absolute Gasteiger partial charge is 0.478 e. The SMILES string of the molecule is CN.Cc1cc(-c2cn3c(-c4ccc(OC(=O)/C=C/C(=O)O)cc4F)c(C(F)(F)F)nc3cn2)ccc1F. The van der Waals surface area contributed by atoms with Crippen molar-refractivity contribution < 1.29 is 41.4 Å². The zero-order valence-corrected chi connectivity index (χ0v) is 19.8. The highest BCUT2D eigenvalue weighted by atomic mass is 19.4. The predicted octanol–water partition coefficient (Wildman–Crippen LogP) is 4.79. The van der Waals surface area contributed by atoms with Gasteiger partial charge in [0.25, 0.3) is 0 Å². The molecule has 0 unspecified atom stereocenters. The number of carbonyl (C=O) groups excluding carboxylic acids is 1. The van der Waals surface area contributed by atoms with Crippen LogP contribution in [0.4, 0.5) is 22.0 Å². The molecule has 4 aromatic rings. The van der Waals surface area contributed by atoms with Gasteiger partial charge in [0.1, 0.15) is 17.4 Å². The monoisotopic (exact) mass is 534 g/mol. The number of halogens is 5. The van der Waals surface area contributed by atoms with Gasteiger partial charge in [-0.1, -0.05) is 0 Å². The van der Waals surface area contributed by atoms with E-state index in [1.807, 2.05) is 0 Å². The van der Waals surface area contributed by atoms with Crippen molar-refractivity contribution >= 4 is 17.6 Å². The summed E-state index contributed by atoms with van der Waals surface area (Å²) in [5, 5.41) is 8.53. The summed E-state index contributed by atoms with van der Waals surface area (Å²) in [7, 11) is 1.50. The lowest BCUT2D eigenvalue weighted by atomic mass is 10.1. The molecule has 0 saturated carbocycles. The van der Waals surface area contributed by atoms with Gasteiger partial charge in [0.2, 0.25) is 0 Å². The fourth-order valence-electron chi connectivity index (χ4n) is 3.40. The van der Waals surface area contributed by atoms with Crippen LogP contribution < -0.4 is 10.5 Å². The molecule has 2 heterocycles. The van der Waals surface area contributed by atoms with Crippen LogP contribution in [0.5, 0.6) is 5.75 Å². The number of aliphatic carboxylic acids is 1. The lowest BCUT2D eigenvalue weighted by molar-refractivity contribution is -0.140. The first kappa shape index (κ1) is 27.9. The number of esters is 1. The fourth-order valence-corrected chi connectivity index (χ4v) is 3.40. The minimum absolute atomic E-state index is 0.189. The molecule has 8 nitrogen and oxygen atoms in total. The smallest absolute Gasteiger partial charge is 0.435 e. The van der Waals surface area contributed by atoms with Gasteiger partial charge in [-0.15, -0.1) is 0 Å². The fraction of sp³-hybridized carbons (Fsp3) is 0.120. The second-order valence-corrected chi connectivity index (χ2v) is 7.51. The summed E-state index contributed by atoms with van der Waals surface area (Å²) in [5.74, 6) is -4.52. The number of hydrogen-bond donors (Lipinski definition) is 2. The molecular weight excluding hydrogens is 515 g/mol. The van der Waals surface area contributed by atoms with Gasteiger partial charge < -0.3 is 15.6 Å². The minimum Gasteiger partial charge on any atom is -0.478 e. The number of nitrogens with zero attached hydrogens (tertiary/aromatic N) is 3. The minimum atomic E-state index is -4.95. The van der Waals surface area contributed by atoms with Gasteiger partial charge in [0, 0.05) is 35.5 Å². The van der Waals surface area contributed by atoms with E-state index in [9.17, 15) is 27.2 Å². The van der Waals surface area contributed by atoms with Crippen LogP contribution in [-0.2, 0) is 15.8 Å². The van der Waals surface area contributed by atoms with E-state index in [2.05, 4.69) is 15.7 Å². The Kier molecular flexibility index (Phi) is 8.21. The number of alkyl halides is 3. The average Bonchev–Trinajstić information content (AvgIpc) is 3.25. The number of rotatable bonds is 5. The van der Waals surface area contributed by atoms with Crippen LogP contribution in [0.25, 0.3) is 28.2 Å². The van der Waals surface area contributed by atoms with Crippen molar-refractivity contribution in [3.05, 3.63) is 83.8 Å². The first-order chi connectivity index (χ1) is 17.9. The highest BCUT2D eigenvalue weighted by Gasteiger charge is 2.39. The molecule has 0 saturated heterocycles. The first-order valence-electron chi connectivity index (χ1n) is 10.7. The number of ether oxygens (including phenoxy) is 1. The summed E-state index contributed by atoms with van der Waals surface area (Å²) in [6.45, 7) is 1.52. The first-order valence-corrected chi connectivity index (χ1v) is 10.7. The van der Waals surface area contributed by atoms with Crippen molar-refractivity contribution in [2.75, 3.05) is 7.05 Å². The summed E-state index contributed by atoms with van der Waals surface area (Å²) in [5.41, 5.74) is 2.70. The third-order valence-electron chi connectivity index (χ3n) is 5.01. The molecule has 2 aromatic carbocycles. The van der Waals surface area contributed by atoms with Crippen LogP contribution in [0.15, 0.2) is 60.9 Å². The van der Waals surface area contributed by atoms with E-state index in [1.54, 1.807) is 0 Å². The molecule has 0 aliphatic carbocycles. The maximum Gasteiger partial charge on any atom is 0.435 e. The number of hydrogen-bond acceptors (Lipinski definition) is 6. The molecule has 38 heavy (non-hydrogen) atoms. The Morgan fingerprint density at radius 1 is 1.05 bits per heavy atom. The molecule has 0 aliphatic heterocycles. The summed E-state index contributed by atoms with van der Waals surface area (Å²) < 4.78 is 76.0. The number of carbonyl (C=O) groups is 2. The summed E-state index contributed by atoms with van der Waals surface area (Å²) in [4.78, 5) is 29.8. The Morgan fingerprint density at radius 3 is 2.37 bits per heavy atom. The third-order valence-corrected chi connectivity index (χ3v) is 5.01. The van der Waals surface area contributed by atoms with E-state index in [4.69, 9.17) is 9.84 Å². The van der Waals surface area contributed by atoms with Gasteiger partial charge in [-0.25, -0.2) is 23.4 Å². The van der Waals surface area contributed by atoms with E-state index in [1.165, 1.54) is 38.4 Å². The average molecular weight is 534 g/mol. The number of nitrogens with two attached hydrogens (primary N) is 1. The Bertz CT molecular complexity index is 1550. The van der Waals surface area contributed by atoms with Gasteiger partial charge in [-0.2, -0.15) is 13.2 Å². The third kappa shape index (κ3) is 6.00. The predicted molar refractivity (Wildman–Crippen MR) is 126 cm³/mol. The number of fused-ring (bicyclic) bond motifs is 1. The van der Waals surface area contributed by atoms with E-state index in [-0.39, 0.29) is 17.1 Å². The molecular formula is C25H19F5N4O4. The van der Waals surface area contributed by atoms with Crippen LogP contribution in [-0.4, -0.2) is 38.5 Å². The van der Waals surface area contributed by atoms with Gasteiger partial charge in [0.05, 0.1) is 17.6 Å². The van der Waals surface area contributed by atoms with Gasteiger partial charge in [-0.05, 0) is 49.9 Å². The van der Waals surface area contributed by atoms with Crippen LogP contribution >= 0.6 is 0 Å². The molecule has 0 amide bonds. The van der Waals surface area contributed by atoms with Gasteiger partial charge >= 0.3 is 18.1 Å². The highest BCUT2D eigenvalue weighted by Crippen LogP contribution is 2.39. The number of imidazole rings is 1. The zero-order chi connectivity index (χ0) is 28.2. The topological polar surface area (TPSA) is 120 Å². The van der Waals surface area contributed by atoms with Crippen LogP contribution in [0.3, 0.4) is 0 Å². The molecule has 0 aliphatic rings. The number of benzene rings is 2. The lowest BCUT2D eigenvalue weighted by Gasteiger charge is -2.11. The molecule has 0 spiro atoms. The van der Waals surface area contributed by atoms with E-state index >= 15 is 4.39 Å². The highest BCUT2D eigenvalue weighted by molar-refractivity contribution is 5.91. The van der Waals surface area contributed by atoms with Crippen molar-refractivity contribution in [2.45, 2.75) is 13.1 Å². The number of carboxylic acid groups (broad SMARTS) is 1. The normalized spacial score (nSPS) is 11.4. The summed E-state index contributed by atoms with van der Waals surface area (Å²) in [6, 6.07) is 6.77. The molecule has 0 bridgehead atoms. The molecule has 198 valence electrons. The molecule has 0 radical (unpaired) electrons. The maximum atomic E-state index is 15.0. The lowest BCUT2D eigenvalue weighted by Crippen LogP contribution is -2.09. The van der Waals surface area contributed by atoms with Crippen LogP contribution in [0.2, 0.25) is 0 Å². The van der Waals surface area contributed by atoms with Crippen molar-refractivity contribution in [2.24, 2.45) is 5.73 Å². The Hall–Kier alpha value is -4.65. The van der Waals surface area contributed by atoms with Crippen LogP contribution in [0.1, 0.15) is 11.3 Å². The van der Waals surface area contributed by atoms with Gasteiger partial charge in [0.15, 0.2) is 11.3 Å². The molecule has 3 N–H and O–H groups in total. The zero-order valence-electron chi connectivity index (χ0n) is 19.8. The molecule has 13 heteroatoms. The van der Waals surface area contributed by atoms with Gasteiger partial charge in [-0.3, -0.25) is 9.38 Å². The summed E-state index contributed by atoms with van der Waals surface area (Å²) in [6.07, 6.45) is -1.55. The second kappa shape index (κ2) is 11.2. The summed E-state index contributed by atoms with van der Waals surface area (Å²) >= 11 is 0. The van der Waals surface area contributed by atoms with E-state index in [0.717, 1.165) is 22.7 Å². The standard InChI is InChI=1S/C24H14F5N3O4.CH5N/c1-12-8-13(2-5-16(12)25)18-11-32-19(10-30-18)31-23(24(27,28)29)22(32)15-4-3-14(9-17(15)26)36-21(35)7-6-20(33)34;1-2/h2-11H,1H3,(H,33,34);2H2,1H3/b7-6+;. The Labute approximate surface area is 211 Å². The second-order valence-electron chi connectivity index (χ2n) is 7.51. The molecule has 4 rings (SSSR count). The quantitative estimate of drug-likeness (QED) is 0.164. The molecule has 0 fully saturated rings.